The molecule has 0 bridgehead atoms. The lowest BCUT2D eigenvalue weighted by Crippen LogP contribution is -2.42. The van der Waals surface area contributed by atoms with E-state index in [9.17, 15) is 14.0 Å². The van der Waals surface area contributed by atoms with Gasteiger partial charge in [0.15, 0.2) is 0 Å². The molecule has 0 atom stereocenters. The zero-order valence-electron chi connectivity index (χ0n) is 20.2. The molecule has 0 saturated carbocycles. The summed E-state index contributed by atoms with van der Waals surface area (Å²) in [5.74, 6) is 0.274. The van der Waals surface area contributed by atoms with Crippen LogP contribution in [0.3, 0.4) is 0 Å². The Labute approximate surface area is 211 Å². The Kier molecular flexibility index (Phi) is 8.87. The highest BCUT2D eigenvalue weighted by Crippen LogP contribution is 2.19. The van der Waals surface area contributed by atoms with Gasteiger partial charge in [-0.2, -0.15) is 0 Å². The van der Waals surface area contributed by atoms with Crippen LogP contribution in [-0.4, -0.2) is 36.3 Å². The van der Waals surface area contributed by atoms with Crippen LogP contribution in [0.2, 0.25) is 0 Å². The number of piperidine rings is 1. The Balaban J connectivity index is 1.20. The monoisotopic (exact) mass is 486 g/mol. The first-order chi connectivity index (χ1) is 17.6. The van der Waals surface area contributed by atoms with E-state index in [2.05, 4.69) is 5.32 Å². The fourth-order valence-corrected chi connectivity index (χ4v) is 4.25. The van der Waals surface area contributed by atoms with E-state index in [-0.39, 0.29) is 23.5 Å². The average molecular weight is 487 g/mol. The molecule has 1 aliphatic rings. The molecule has 2 amide bonds. The number of halogens is 1. The van der Waals surface area contributed by atoms with Gasteiger partial charge in [0.1, 0.15) is 18.2 Å². The number of nitrogens with one attached hydrogen (secondary N) is 1. The van der Waals surface area contributed by atoms with Gasteiger partial charge in [-0.15, -0.1) is 0 Å². The summed E-state index contributed by atoms with van der Waals surface area (Å²) in [6.45, 7) is 1.96. The molecule has 0 unspecified atom stereocenters. The highest BCUT2D eigenvalue weighted by atomic mass is 19.1. The van der Waals surface area contributed by atoms with E-state index < -0.39 is 0 Å². The fraction of sp³-hybridized carbons (Fsp3) is 0.267. The van der Waals surface area contributed by atoms with Crippen molar-refractivity contribution in [2.45, 2.75) is 25.9 Å². The Bertz CT molecular complexity index is 1190. The van der Waals surface area contributed by atoms with Crippen molar-refractivity contribution < 1.29 is 18.7 Å². The summed E-state index contributed by atoms with van der Waals surface area (Å²) in [6, 6.07) is 24.2. The molecule has 1 saturated heterocycles. The quantitative estimate of drug-likeness (QED) is 0.433. The Morgan fingerprint density at radius 3 is 2.50 bits per heavy atom. The topological polar surface area (TPSA) is 58.6 Å². The van der Waals surface area contributed by atoms with Crippen LogP contribution < -0.4 is 10.1 Å². The number of nitrogens with zero attached hydrogens (tertiary/aromatic N) is 1. The predicted octanol–water partition coefficient (Wildman–Crippen LogP) is 5.02. The molecule has 6 heteroatoms. The summed E-state index contributed by atoms with van der Waals surface area (Å²) in [6.07, 6.45) is 5.06. The van der Waals surface area contributed by atoms with Gasteiger partial charge in [0.2, 0.25) is 11.8 Å². The van der Waals surface area contributed by atoms with Gasteiger partial charge in [-0.3, -0.25) is 9.59 Å². The van der Waals surface area contributed by atoms with Gasteiger partial charge in [-0.1, -0.05) is 60.7 Å². The molecule has 0 aromatic heterocycles. The summed E-state index contributed by atoms with van der Waals surface area (Å²) in [4.78, 5) is 27.0. The van der Waals surface area contributed by atoms with Crippen LogP contribution in [0.5, 0.6) is 5.75 Å². The third kappa shape index (κ3) is 7.28. The zero-order chi connectivity index (χ0) is 25.2. The van der Waals surface area contributed by atoms with E-state index in [0.717, 1.165) is 16.9 Å². The normalized spacial score (nSPS) is 14.1. The van der Waals surface area contributed by atoms with E-state index in [1.165, 1.54) is 6.07 Å². The Morgan fingerprint density at radius 1 is 0.972 bits per heavy atom. The maximum absolute atomic E-state index is 13.7. The lowest BCUT2D eigenvalue weighted by atomic mass is 9.95. The van der Waals surface area contributed by atoms with E-state index in [0.29, 0.717) is 51.1 Å². The second-order valence-electron chi connectivity index (χ2n) is 8.91. The SMILES string of the molecule is O=C(NCCc1ccccc1F)C1CCN(C(=O)/C=C/c2cccc(OCc3ccccc3)c2)CC1. The molecule has 3 aromatic carbocycles. The van der Waals surface area contributed by atoms with Crippen molar-refractivity contribution in [1.82, 2.24) is 10.2 Å². The minimum absolute atomic E-state index is 0.0266. The van der Waals surface area contributed by atoms with Gasteiger partial charge in [0, 0.05) is 31.6 Å². The van der Waals surface area contributed by atoms with E-state index in [1.807, 2.05) is 54.6 Å². The van der Waals surface area contributed by atoms with Crippen LogP contribution in [0.15, 0.2) is 84.9 Å². The van der Waals surface area contributed by atoms with Crippen LogP contribution in [0.4, 0.5) is 4.39 Å². The smallest absolute Gasteiger partial charge is 0.246 e. The molecule has 186 valence electrons. The van der Waals surface area contributed by atoms with Crippen molar-refractivity contribution in [1.29, 1.82) is 0 Å². The standard InChI is InChI=1S/C30H31FN2O3/c31-28-12-5-4-10-25(28)15-18-32-30(35)26-16-19-33(20-17-26)29(34)14-13-23-9-6-11-27(21-23)36-22-24-7-2-1-3-8-24/h1-14,21,26H,15-20,22H2,(H,32,35)/b14-13+. The minimum Gasteiger partial charge on any atom is -0.489 e. The maximum atomic E-state index is 13.7. The van der Waals surface area contributed by atoms with Crippen molar-refractivity contribution in [3.05, 3.63) is 107 Å². The summed E-state index contributed by atoms with van der Waals surface area (Å²) in [5.41, 5.74) is 2.58. The second kappa shape index (κ2) is 12.7. The van der Waals surface area contributed by atoms with Crippen molar-refractivity contribution in [3.63, 3.8) is 0 Å². The van der Waals surface area contributed by atoms with Crippen LogP contribution in [-0.2, 0) is 22.6 Å². The fourth-order valence-electron chi connectivity index (χ4n) is 4.25. The molecular weight excluding hydrogens is 455 g/mol. The Hall–Kier alpha value is -3.93. The predicted molar refractivity (Wildman–Crippen MR) is 139 cm³/mol. The maximum Gasteiger partial charge on any atom is 0.246 e. The molecule has 1 fully saturated rings. The molecule has 1 heterocycles. The number of amides is 2. The highest BCUT2D eigenvalue weighted by Gasteiger charge is 2.26. The number of hydrogen-bond acceptors (Lipinski definition) is 3. The number of carbonyl (C=O) groups is 2. The van der Waals surface area contributed by atoms with Gasteiger partial charge in [-0.25, -0.2) is 4.39 Å². The third-order valence-corrected chi connectivity index (χ3v) is 6.35. The number of ether oxygens (including phenoxy) is 1. The summed E-state index contributed by atoms with van der Waals surface area (Å²) < 4.78 is 19.6. The second-order valence-corrected chi connectivity index (χ2v) is 8.91. The van der Waals surface area contributed by atoms with Crippen LogP contribution in [0.1, 0.15) is 29.5 Å². The van der Waals surface area contributed by atoms with Crippen LogP contribution >= 0.6 is 0 Å². The van der Waals surface area contributed by atoms with Gasteiger partial charge >= 0.3 is 0 Å². The van der Waals surface area contributed by atoms with Gasteiger partial charge in [0.05, 0.1) is 0 Å². The molecule has 1 aliphatic heterocycles. The van der Waals surface area contributed by atoms with Crippen LogP contribution in [0.25, 0.3) is 6.08 Å². The number of likely N-dealkylation sites (tertiary alicyclic amines) is 1. The number of rotatable bonds is 9. The highest BCUT2D eigenvalue weighted by molar-refractivity contribution is 5.92. The summed E-state index contributed by atoms with van der Waals surface area (Å²) in [7, 11) is 0. The molecular formula is C30H31FN2O3. The first-order valence-electron chi connectivity index (χ1n) is 12.3. The Morgan fingerprint density at radius 2 is 1.72 bits per heavy atom. The molecule has 3 aromatic rings. The average Bonchev–Trinajstić information content (AvgIpc) is 2.92. The van der Waals surface area contributed by atoms with E-state index in [4.69, 9.17) is 4.74 Å². The van der Waals surface area contributed by atoms with Crippen molar-refractivity contribution in [2.75, 3.05) is 19.6 Å². The number of hydrogen-bond donors (Lipinski definition) is 1. The molecule has 36 heavy (non-hydrogen) atoms. The van der Waals surface area contributed by atoms with Crippen molar-refractivity contribution in [3.8, 4) is 5.75 Å². The lowest BCUT2D eigenvalue weighted by Gasteiger charge is -2.30. The van der Waals surface area contributed by atoms with Crippen LogP contribution in [0, 0.1) is 11.7 Å². The zero-order valence-corrected chi connectivity index (χ0v) is 20.2. The van der Waals surface area contributed by atoms with Gasteiger partial charge in [0.25, 0.3) is 0 Å². The van der Waals surface area contributed by atoms with E-state index in [1.54, 1.807) is 35.3 Å². The molecule has 5 nitrogen and oxygen atoms in total. The largest absolute Gasteiger partial charge is 0.489 e. The van der Waals surface area contributed by atoms with Gasteiger partial charge < -0.3 is 15.0 Å². The third-order valence-electron chi connectivity index (χ3n) is 6.35. The molecule has 0 spiro atoms. The van der Waals surface area contributed by atoms with Gasteiger partial charge in [-0.05, 0) is 60.2 Å². The summed E-state index contributed by atoms with van der Waals surface area (Å²) in [5, 5.41) is 2.91. The first-order valence-corrected chi connectivity index (χ1v) is 12.3. The van der Waals surface area contributed by atoms with Crippen molar-refractivity contribution >= 4 is 17.9 Å². The summed E-state index contributed by atoms with van der Waals surface area (Å²) >= 11 is 0. The number of carbonyl (C=O) groups excluding carboxylic acids is 2. The molecule has 1 N–H and O–H groups in total. The first kappa shape index (κ1) is 25.2. The van der Waals surface area contributed by atoms with E-state index >= 15 is 0 Å². The molecule has 0 aliphatic carbocycles. The minimum atomic E-state index is -0.252. The molecule has 0 radical (unpaired) electrons. The lowest BCUT2D eigenvalue weighted by molar-refractivity contribution is -0.132. The molecule has 4 rings (SSSR count). The van der Waals surface area contributed by atoms with Crippen molar-refractivity contribution in [2.24, 2.45) is 5.92 Å². The number of benzene rings is 3.